The molecule has 2 heterocycles. The molecule has 0 aromatic heterocycles. The molecule has 16 heavy (non-hydrogen) atoms. The van der Waals surface area contributed by atoms with Crippen LogP contribution in [0.1, 0.15) is 13.8 Å². The maximum Gasteiger partial charge on any atom is 0.300 e. The molecule has 0 atom stereocenters. The third-order valence-electron chi connectivity index (χ3n) is 1.76. The standard InChI is InChI=1S/C9H10N2.C2H4O2.Ag/c1-2-10-7-9-5-3-4-6-11(9)8-10;1-2(3)4;/h3-7H,2H2,1H3;1H3,(H,3,4);. The number of hydrogen-bond donors (Lipinski definition) is 1. The zero-order valence-electron chi connectivity index (χ0n) is 9.15. The number of rotatable bonds is 1. The van der Waals surface area contributed by atoms with E-state index >= 15 is 0 Å². The Hall–Kier alpha value is -0.970. The summed E-state index contributed by atoms with van der Waals surface area (Å²) in [5.41, 5.74) is 1.19. The van der Waals surface area contributed by atoms with Crippen molar-refractivity contribution >= 4 is 5.97 Å². The Morgan fingerprint density at radius 3 is 2.62 bits per heavy atom. The van der Waals surface area contributed by atoms with Gasteiger partial charge in [-0.05, 0) is 19.1 Å². The van der Waals surface area contributed by atoms with Gasteiger partial charge in [-0.1, -0.05) is 6.08 Å². The predicted octanol–water partition coefficient (Wildman–Crippen LogP) is 1.63. The maximum atomic E-state index is 9.00. The summed E-state index contributed by atoms with van der Waals surface area (Å²) < 4.78 is 0. The summed E-state index contributed by atoms with van der Waals surface area (Å²) in [7, 11) is 0. The van der Waals surface area contributed by atoms with E-state index in [1.807, 2.05) is 28.2 Å². The first-order valence-electron chi connectivity index (χ1n) is 4.72. The minimum absolute atomic E-state index is 0. The maximum absolute atomic E-state index is 9.00. The molecular formula is C11H14AgN2O2. The van der Waals surface area contributed by atoms with E-state index < -0.39 is 5.97 Å². The number of carbonyl (C=O) groups is 1. The van der Waals surface area contributed by atoms with Crippen LogP contribution in [0.2, 0.25) is 0 Å². The SMILES string of the molecule is CC(=O)O.CCN1[C]N2C=CC=CC2=C1.[Ag]. The number of nitrogens with zero attached hydrogens (tertiary/aromatic N) is 2. The van der Waals surface area contributed by atoms with Crippen LogP contribution < -0.4 is 0 Å². The Balaban J connectivity index is 0.000000397. The van der Waals surface area contributed by atoms with Gasteiger partial charge in [0.25, 0.3) is 5.97 Å². The van der Waals surface area contributed by atoms with Crippen LogP contribution in [-0.2, 0) is 27.2 Å². The van der Waals surface area contributed by atoms with E-state index in [4.69, 9.17) is 9.90 Å². The number of carboxylic acid groups (broad SMARTS) is 1. The van der Waals surface area contributed by atoms with E-state index in [9.17, 15) is 0 Å². The number of carboxylic acids is 1. The number of hydrogen-bond acceptors (Lipinski definition) is 3. The first-order valence-corrected chi connectivity index (χ1v) is 4.72. The van der Waals surface area contributed by atoms with E-state index in [1.165, 1.54) is 5.70 Å². The Morgan fingerprint density at radius 1 is 1.50 bits per heavy atom. The quantitative estimate of drug-likeness (QED) is 0.747. The van der Waals surface area contributed by atoms with E-state index in [-0.39, 0.29) is 22.4 Å². The Morgan fingerprint density at radius 2 is 2.12 bits per heavy atom. The first-order chi connectivity index (χ1) is 7.13. The molecule has 0 bridgehead atoms. The molecule has 2 aliphatic heterocycles. The fraction of sp³-hybridized carbons (Fsp3) is 0.273. The summed E-state index contributed by atoms with van der Waals surface area (Å²) in [4.78, 5) is 13.0. The summed E-state index contributed by atoms with van der Waals surface area (Å²) in [5, 5.41) is 7.42. The normalized spacial score (nSPS) is 15.8. The van der Waals surface area contributed by atoms with Crippen LogP contribution in [0, 0.1) is 6.67 Å². The summed E-state index contributed by atoms with van der Waals surface area (Å²) in [5.74, 6) is -0.833. The molecule has 0 aromatic rings. The van der Waals surface area contributed by atoms with Gasteiger partial charge in [0.1, 0.15) is 0 Å². The molecule has 91 valence electrons. The minimum atomic E-state index is -0.833. The van der Waals surface area contributed by atoms with Crippen molar-refractivity contribution in [2.75, 3.05) is 6.54 Å². The summed E-state index contributed by atoms with van der Waals surface area (Å²) in [6.07, 6.45) is 10.2. The smallest absolute Gasteiger partial charge is 0.300 e. The van der Waals surface area contributed by atoms with Gasteiger partial charge in [-0.25, -0.2) is 0 Å². The summed E-state index contributed by atoms with van der Waals surface area (Å²) >= 11 is 0. The van der Waals surface area contributed by atoms with Gasteiger partial charge in [0.05, 0.1) is 5.70 Å². The average molecular weight is 314 g/mol. The molecule has 0 saturated carbocycles. The van der Waals surface area contributed by atoms with Crippen molar-refractivity contribution in [1.29, 1.82) is 0 Å². The number of fused-ring (bicyclic) bond motifs is 1. The van der Waals surface area contributed by atoms with Crippen molar-refractivity contribution in [3.63, 3.8) is 0 Å². The van der Waals surface area contributed by atoms with Crippen molar-refractivity contribution in [3.05, 3.63) is 43.0 Å². The molecule has 0 aromatic carbocycles. The second-order valence-corrected chi connectivity index (χ2v) is 3.03. The molecule has 0 aliphatic carbocycles. The van der Waals surface area contributed by atoms with Gasteiger partial charge in [-0.3, -0.25) is 4.79 Å². The second kappa shape index (κ2) is 7.33. The molecule has 1 N–H and O–H groups in total. The molecular weight excluding hydrogens is 300 g/mol. The topological polar surface area (TPSA) is 43.8 Å². The van der Waals surface area contributed by atoms with E-state index in [0.29, 0.717) is 0 Å². The monoisotopic (exact) mass is 313 g/mol. The van der Waals surface area contributed by atoms with Gasteiger partial charge in [0, 0.05) is 48.2 Å². The largest absolute Gasteiger partial charge is 0.481 e. The van der Waals surface area contributed by atoms with Crippen molar-refractivity contribution in [3.8, 4) is 0 Å². The fourth-order valence-electron chi connectivity index (χ4n) is 1.14. The van der Waals surface area contributed by atoms with Crippen LogP contribution in [0.3, 0.4) is 0 Å². The molecule has 2 aliphatic rings. The van der Waals surface area contributed by atoms with Crippen LogP contribution >= 0.6 is 0 Å². The third kappa shape index (κ3) is 4.70. The van der Waals surface area contributed by atoms with Gasteiger partial charge in [-0.15, -0.1) is 0 Å². The summed E-state index contributed by atoms with van der Waals surface area (Å²) in [6.45, 7) is 7.34. The van der Waals surface area contributed by atoms with Crippen LogP contribution in [0.15, 0.2) is 36.3 Å². The zero-order valence-corrected chi connectivity index (χ0v) is 10.6. The second-order valence-electron chi connectivity index (χ2n) is 3.03. The van der Waals surface area contributed by atoms with Crippen LogP contribution in [-0.4, -0.2) is 27.4 Å². The van der Waals surface area contributed by atoms with Gasteiger partial charge < -0.3 is 14.9 Å². The first kappa shape index (κ1) is 15.0. The molecule has 4 nitrogen and oxygen atoms in total. The van der Waals surface area contributed by atoms with Crippen molar-refractivity contribution < 1.29 is 32.3 Å². The van der Waals surface area contributed by atoms with Gasteiger partial charge in [0.2, 0.25) is 6.67 Å². The minimum Gasteiger partial charge on any atom is -0.481 e. The average Bonchev–Trinajstić information content (AvgIpc) is 2.59. The molecule has 0 saturated heterocycles. The molecule has 2 rings (SSSR count). The van der Waals surface area contributed by atoms with Crippen molar-refractivity contribution in [2.24, 2.45) is 0 Å². The predicted molar refractivity (Wildman–Crippen MR) is 57.1 cm³/mol. The number of allylic oxidation sites excluding steroid dienone is 3. The van der Waals surface area contributed by atoms with Crippen LogP contribution in [0.25, 0.3) is 0 Å². The van der Waals surface area contributed by atoms with Crippen molar-refractivity contribution in [2.45, 2.75) is 13.8 Å². The van der Waals surface area contributed by atoms with E-state index in [0.717, 1.165) is 13.5 Å². The van der Waals surface area contributed by atoms with Gasteiger partial charge in [-0.2, -0.15) is 0 Å². The van der Waals surface area contributed by atoms with Crippen molar-refractivity contribution in [1.82, 2.24) is 9.80 Å². The number of aliphatic carboxylic acids is 1. The molecule has 3 radical (unpaired) electrons. The van der Waals surface area contributed by atoms with Gasteiger partial charge in [0.15, 0.2) is 0 Å². The Bertz CT molecular complexity index is 320. The molecule has 0 amide bonds. The van der Waals surface area contributed by atoms with E-state index in [1.54, 1.807) is 0 Å². The molecule has 0 fully saturated rings. The van der Waals surface area contributed by atoms with Gasteiger partial charge >= 0.3 is 0 Å². The fourth-order valence-corrected chi connectivity index (χ4v) is 1.14. The Kier molecular flexibility index (Phi) is 6.88. The summed E-state index contributed by atoms with van der Waals surface area (Å²) in [6, 6.07) is 0. The van der Waals surface area contributed by atoms with Crippen LogP contribution in [0.4, 0.5) is 0 Å². The van der Waals surface area contributed by atoms with Crippen LogP contribution in [0.5, 0.6) is 0 Å². The molecule has 5 heteroatoms. The molecule has 0 unspecified atom stereocenters. The molecule has 0 spiro atoms. The third-order valence-corrected chi connectivity index (χ3v) is 1.76. The van der Waals surface area contributed by atoms with E-state index in [2.05, 4.69) is 25.9 Å². The Labute approximate surface area is 111 Å². The zero-order chi connectivity index (χ0) is 11.3.